The van der Waals surface area contributed by atoms with E-state index in [1.54, 1.807) is 31.2 Å². The van der Waals surface area contributed by atoms with Gasteiger partial charge in [-0.3, -0.25) is 0 Å². The van der Waals surface area contributed by atoms with E-state index in [0.717, 1.165) is 12.0 Å². The van der Waals surface area contributed by atoms with Crippen molar-refractivity contribution in [3.8, 4) is 0 Å². The molecule has 0 radical (unpaired) electrons. The Bertz CT molecular complexity index is 400. The molecule has 0 saturated carbocycles. The van der Waals surface area contributed by atoms with Gasteiger partial charge in [-0.1, -0.05) is 31.2 Å². The molecule has 0 saturated heterocycles. The van der Waals surface area contributed by atoms with Crippen LogP contribution >= 0.6 is 0 Å². The van der Waals surface area contributed by atoms with Crippen LogP contribution in [0.2, 0.25) is 0 Å². The van der Waals surface area contributed by atoms with Crippen molar-refractivity contribution in [1.82, 2.24) is 5.32 Å². The molecule has 1 aliphatic rings. The van der Waals surface area contributed by atoms with Crippen molar-refractivity contribution in [2.75, 3.05) is 6.54 Å². The van der Waals surface area contributed by atoms with Gasteiger partial charge in [0.1, 0.15) is 5.54 Å². The maximum atomic E-state index is 13.4. The average molecular weight is 243 g/mol. The number of alkyl halides is 3. The maximum Gasteiger partial charge on any atom is 0.410 e. The Morgan fingerprint density at radius 3 is 2.65 bits per heavy atom. The number of benzene rings is 1. The largest absolute Gasteiger partial charge is 0.410 e. The summed E-state index contributed by atoms with van der Waals surface area (Å²) in [6, 6.07) is 6.89. The van der Waals surface area contributed by atoms with Gasteiger partial charge in [0.2, 0.25) is 0 Å². The van der Waals surface area contributed by atoms with E-state index >= 15 is 0 Å². The van der Waals surface area contributed by atoms with Gasteiger partial charge in [-0.25, -0.2) is 0 Å². The number of fused-ring (bicyclic) bond motifs is 1. The number of nitrogens with one attached hydrogen (secondary N) is 1. The van der Waals surface area contributed by atoms with Crippen molar-refractivity contribution in [3.05, 3.63) is 35.4 Å². The Morgan fingerprint density at radius 1 is 1.29 bits per heavy atom. The van der Waals surface area contributed by atoms with Crippen LogP contribution in [-0.4, -0.2) is 12.7 Å². The lowest BCUT2D eigenvalue weighted by Crippen LogP contribution is -2.55. The first-order chi connectivity index (χ1) is 8.01. The SMILES string of the molecule is CCNC1(C(F)(F)F)CCCc2ccccc21. The van der Waals surface area contributed by atoms with Crippen molar-refractivity contribution >= 4 is 0 Å². The fourth-order valence-corrected chi connectivity index (χ4v) is 2.71. The first kappa shape index (κ1) is 12.4. The molecular weight excluding hydrogens is 227 g/mol. The molecule has 1 atom stereocenters. The molecule has 94 valence electrons. The van der Waals surface area contributed by atoms with Crippen LogP contribution < -0.4 is 5.32 Å². The summed E-state index contributed by atoms with van der Waals surface area (Å²) in [6.07, 6.45) is -2.82. The highest BCUT2D eigenvalue weighted by molar-refractivity contribution is 5.37. The van der Waals surface area contributed by atoms with Gasteiger partial charge < -0.3 is 5.32 Å². The standard InChI is InChI=1S/C13H16F3N/c1-2-17-12(13(14,15)16)9-5-7-10-6-3-4-8-11(10)12/h3-4,6,8,17H,2,5,7,9H2,1H3. The van der Waals surface area contributed by atoms with E-state index in [1.165, 1.54) is 0 Å². The molecule has 0 aliphatic heterocycles. The predicted octanol–water partition coefficient (Wildman–Crippen LogP) is 3.39. The zero-order valence-corrected chi connectivity index (χ0v) is 9.77. The quantitative estimate of drug-likeness (QED) is 0.839. The van der Waals surface area contributed by atoms with Crippen molar-refractivity contribution < 1.29 is 13.2 Å². The highest BCUT2D eigenvalue weighted by atomic mass is 19.4. The Labute approximate surface area is 99.0 Å². The monoisotopic (exact) mass is 243 g/mol. The fourth-order valence-electron chi connectivity index (χ4n) is 2.71. The summed E-state index contributed by atoms with van der Waals surface area (Å²) in [4.78, 5) is 0. The minimum atomic E-state index is -4.25. The number of rotatable bonds is 2. The minimum Gasteiger partial charge on any atom is -0.300 e. The Kier molecular flexibility index (Phi) is 3.17. The normalized spacial score (nSPS) is 24.5. The zero-order valence-electron chi connectivity index (χ0n) is 9.77. The second-order valence-corrected chi connectivity index (χ2v) is 4.44. The molecule has 1 aromatic carbocycles. The van der Waals surface area contributed by atoms with E-state index in [9.17, 15) is 13.2 Å². The second-order valence-electron chi connectivity index (χ2n) is 4.44. The van der Waals surface area contributed by atoms with Crippen molar-refractivity contribution in [1.29, 1.82) is 0 Å². The van der Waals surface area contributed by atoms with Crippen LogP contribution in [0.1, 0.15) is 30.9 Å². The summed E-state index contributed by atoms with van der Waals surface area (Å²) in [5.74, 6) is 0. The summed E-state index contributed by atoms with van der Waals surface area (Å²) < 4.78 is 40.2. The van der Waals surface area contributed by atoms with Crippen molar-refractivity contribution in [2.24, 2.45) is 0 Å². The molecule has 0 heterocycles. The number of aryl methyl sites for hydroxylation is 1. The Hall–Kier alpha value is -1.03. The minimum absolute atomic E-state index is 0.126. The van der Waals surface area contributed by atoms with Crippen molar-refractivity contribution in [2.45, 2.75) is 37.9 Å². The van der Waals surface area contributed by atoms with Crippen molar-refractivity contribution in [3.63, 3.8) is 0 Å². The van der Waals surface area contributed by atoms with Gasteiger partial charge >= 0.3 is 6.18 Å². The van der Waals surface area contributed by atoms with Crippen LogP contribution in [0.25, 0.3) is 0 Å². The van der Waals surface area contributed by atoms with E-state index < -0.39 is 11.7 Å². The average Bonchev–Trinajstić information content (AvgIpc) is 2.28. The molecule has 1 unspecified atom stereocenters. The Balaban J connectivity index is 2.55. The second kappa shape index (κ2) is 4.33. The van der Waals surface area contributed by atoms with Crippen LogP contribution in [0.4, 0.5) is 13.2 Å². The molecule has 0 amide bonds. The number of halogens is 3. The lowest BCUT2D eigenvalue weighted by Gasteiger charge is -2.41. The molecule has 0 fully saturated rings. The smallest absolute Gasteiger partial charge is 0.300 e. The highest BCUT2D eigenvalue weighted by Crippen LogP contribution is 2.46. The lowest BCUT2D eigenvalue weighted by atomic mass is 9.76. The van der Waals surface area contributed by atoms with Gasteiger partial charge in [-0.05, 0) is 36.9 Å². The summed E-state index contributed by atoms with van der Waals surface area (Å²) in [5, 5.41) is 2.67. The summed E-state index contributed by atoms with van der Waals surface area (Å²) in [6.45, 7) is 2.03. The molecule has 0 bridgehead atoms. The summed E-state index contributed by atoms with van der Waals surface area (Å²) >= 11 is 0. The topological polar surface area (TPSA) is 12.0 Å². The number of hydrogen-bond acceptors (Lipinski definition) is 1. The lowest BCUT2D eigenvalue weighted by molar-refractivity contribution is -0.205. The number of hydrogen-bond donors (Lipinski definition) is 1. The first-order valence-corrected chi connectivity index (χ1v) is 5.91. The molecule has 1 aromatic rings. The summed E-state index contributed by atoms with van der Waals surface area (Å²) in [7, 11) is 0. The van der Waals surface area contributed by atoms with E-state index in [-0.39, 0.29) is 6.42 Å². The molecule has 0 spiro atoms. The molecule has 1 aliphatic carbocycles. The highest BCUT2D eigenvalue weighted by Gasteiger charge is 2.56. The van der Waals surface area contributed by atoms with Gasteiger partial charge in [0, 0.05) is 0 Å². The fraction of sp³-hybridized carbons (Fsp3) is 0.538. The maximum absolute atomic E-state index is 13.4. The van der Waals surface area contributed by atoms with Gasteiger partial charge in [0.15, 0.2) is 0 Å². The third kappa shape index (κ3) is 1.95. The zero-order chi connectivity index (χ0) is 12.5. The molecule has 4 heteroatoms. The summed E-state index contributed by atoms with van der Waals surface area (Å²) in [5.41, 5.74) is -0.631. The Morgan fingerprint density at radius 2 is 2.00 bits per heavy atom. The van der Waals surface area contributed by atoms with Gasteiger partial charge in [0.25, 0.3) is 0 Å². The van der Waals surface area contributed by atoms with E-state index in [4.69, 9.17) is 0 Å². The first-order valence-electron chi connectivity index (χ1n) is 5.91. The van der Waals surface area contributed by atoms with E-state index in [2.05, 4.69) is 5.32 Å². The molecule has 0 aromatic heterocycles. The molecule has 17 heavy (non-hydrogen) atoms. The van der Waals surface area contributed by atoms with Crippen LogP contribution in [0.15, 0.2) is 24.3 Å². The van der Waals surface area contributed by atoms with Crippen LogP contribution in [0.3, 0.4) is 0 Å². The van der Waals surface area contributed by atoms with E-state index in [0.29, 0.717) is 18.5 Å². The van der Waals surface area contributed by atoms with Gasteiger partial charge in [-0.2, -0.15) is 13.2 Å². The molecule has 1 nitrogen and oxygen atoms in total. The van der Waals surface area contributed by atoms with Crippen LogP contribution in [-0.2, 0) is 12.0 Å². The molecule has 2 rings (SSSR count). The molecule has 1 N–H and O–H groups in total. The van der Waals surface area contributed by atoms with Gasteiger partial charge in [-0.15, -0.1) is 0 Å². The molecular formula is C13H16F3N. The van der Waals surface area contributed by atoms with Gasteiger partial charge in [0.05, 0.1) is 0 Å². The predicted molar refractivity (Wildman–Crippen MR) is 60.8 cm³/mol. The van der Waals surface area contributed by atoms with E-state index in [1.807, 2.05) is 0 Å². The van der Waals surface area contributed by atoms with Crippen LogP contribution in [0.5, 0.6) is 0 Å². The van der Waals surface area contributed by atoms with Crippen LogP contribution in [0, 0.1) is 0 Å². The third-order valence-electron chi connectivity index (χ3n) is 3.44. The third-order valence-corrected chi connectivity index (χ3v) is 3.44.